The number of hydrogen-bond acceptors (Lipinski definition) is 2. The summed E-state index contributed by atoms with van der Waals surface area (Å²) < 4.78 is 0. The van der Waals surface area contributed by atoms with E-state index in [1.165, 1.54) is 0 Å². The molecular weight excluding hydrogens is 202 g/mol. The normalized spacial score (nSPS) is 14.8. The molecule has 2 N–H and O–H groups in total. The SMILES string of the molecule is CC(CCl)C(=O)NC(C)c1ncc[nH]1. The Kier molecular flexibility index (Phi) is 3.95. The Hall–Kier alpha value is -1.03. The van der Waals surface area contributed by atoms with Gasteiger partial charge in [-0.3, -0.25) is 4.79 Å². The third kappa shape index (κ3) is 2.73. The van der Waals surface area contributed by atoms with Crippen molar-refractivity contribution in [2.75, 3.05) is 5.88 Å². The first-order chi connectivity index (χ1) is 6.65. The molecule has 14 heavy (non-hydrogen) atoms. The molecule has 0 radical (unpaired) electrons. The van der Waals surface area contributed by atoms with Crippen molar-refractivity contribution in [3.63, 3.8) is 0 Å². The molecule has 2 unspecified atom stereocenters. The van der Waals surface area contributed by atoms with E-state index in [1.54, 1.807) is 19.3 Å². The molecule has 1 heterocycles. The van der Waals surface area contributed by atoms with Gasteiger partial charge in [-0.05, 0) is 6.92 Å². The summed E-state index contributed by atoms with van der Waals surface area (Å²) in [6.45, 7) is 3.66. The van der Waals surface area contributed by atoms with Gasteiger partial charge in [-0.25, -0.2) is 4.98 Å². The quantitative estimate of drug-likeness (QED) is 0.748. The van der Waals surface area contributed by atoms with Gasteiger partial charge in [0.15, 0.2) is 0 Å². The van der Waals surface area contributed by atoms with Crippen molar-refractivity contribution in [3.8, 4) is 0 Å². The van der Waals surface area contributed by atoms with E-state index in [0.717, 1.165) is 5.82 Å². The Morgan fingerprint density at radius 3 is 2.93 bits per heavy atom. The van der Waals surface area contributed by atoms with Crippen LogP contribution in [0.3, 0.4) is 0 Å². The zero-order valence-corrected chi connectivity index (χ0v) is 9.01. The lowest BCUT2D eigenvalue weighted by molar-refractivity contribution is -0.124. The maximum absolute atomic E-state index is 11.4. The third-order valence-electron chi connectivity index (χ3n) is 1.97. The summed E-state index contributed by atoms with van der Waals surface area (Å²) in [5.41, 5.74) is 0. The maximum Gasteiger partial charge on any atom is 0.224 e. The van der Waals surface area contributed by atoms with Gasteiger partial charge in [0, 0.05) is 24.2 Å². The molecule has 1 amide bonds. The van der Waals surface area contributed by atoms with E-state index in [9.17, 15) is 4.79 Å². The molecule has 0 aliphatic rings. The molecule has 5 heteroatoms. The van der Waals surface area contributed by atoms with Gasteiger partial charge in [-0.15, -0.1) is 11.6 Å². The summed E-state index contributed by atoms with van der Waals surface area (Å²) in [5.74, 6) is 0.856. The van der Waals surface area contributed by atoms with E-state index in [-0.39, 0.29) is 17.9 Å². The van der Waals surface area contributed by atoms with Gasteiger partial charge in [0.1, 0.15) is 5.82 Å². The van der Waals surface area contributed by atoms with Crippen LogP contribution in [0.25, 0.3) is 0 Å². The monoisotopic (exact) mass is 215 g/mol. The molecule has 0 aliphatic carbocycles. The fourth-order valence-electron chi connectivity index (χ4n) is 1.01. The first kappa shape index (κ1) is 11.0. The molecule has 0 bridgehead atoms. The zero-order chi connectivity index (χ0) is 10.6. The van der Waals surface area contributed by atoms with Crippen LogP contribution in [0.4, 0.5) is 0 Å². The van der Waals surface area contributed by atoms with Crippen molar-refractivity contribution >= 4 is 17.5 Å². The van der Waals surface area contributed by atoms with Crippen LogP contribution in [0.1, 0.15) is 25.7 Å². The van der Waals surface area contributed by atoms with E-state index < -0.39 is 0 Å². The Morgan fingerprint density at radius 2 is 2.43 bits per heavy atom. The molecular formula is C9H14ClN3O. The number of aromatic nitrogens is 2. The van der Waals surface area contributed by atoms with E-state index in [2.05, 4.69) is 15.3 Å². The second kappa shape index (κ2) is 5.00. The number of H-pyrrole nitrogens is 1. The Bertz CT molecular complexity index is 286. The van der Waals surface area contributed by atoms with Crippen LogP contribution in [0.15, 0.2) is 12.4 Å². The molecule has 2 atom stereocenters. The lowest BCUT2D eigenvalue weighted by atomic mass is 10.2. The number of carbonyl (C=O) groups excluding carboxylic acids is 1. The summed E-state index contributed by atoms with van der Waals surface area (Å²) in [4.78, 5) is 18.4. The van der Waals surface area contributed by atoms with Gasteiger partial charge < -0.3 is 10.3 Å². The van der Waals surface area contributed by atoms with E-state index in [0.29, 0.717) is 5.88 Å². The topological polar surface area (TPSA) is 57.8 Å². The summed E-state index contributed by atoms with van der Waals surface area (Å²) in [6, 6.07) is -0.108. The standard InChI is InChI=1S/C9H14ClN3O/c1-6(5-10)9(14)13-7(2)8-11-3-4-12-8/h3-4,6-7H,5H2,1-2H3,(H,11,12)(H,13,14). The number of halogens is 1. The summed E-state index contributed by atoms with van der Waals surface area (Å²) in [6.07, 6.45) is 3.38. The summed E-state index contributed by atoms with van der Waals surface area (Å²) in [5, 5.41) is 2.82. The van der Waals surface area contributed by atoms with E-state index >= 15 is 0 Å². The molecule has 1 aromatic rings. The predicted molar refractivity (Wildman–Crippen MR) is 55.0 cm³/mol. The van der Waals surface area contributed by atoms with Crippen molar-refractivity contribution in [1.82, 2.24) is 15.3 Å². The second-order valence-electron chi connectivity index (χ2n) is 3.26. The van der Waals surface area contributed by atoms with Gasteiger partial charge >= 0.3 is 0 Å². The van der Waals surface area contributed by atoms with Gasteiger partial charge in [0.05, 0.1) is 6.04 Å². The second-order valence-corrected chi connectivity index (χ2v) is 3.57. The number of carbonyl (C=O) groups is 1. The molecule has 0 aliphatic heterocycles. The zero-order valence-electron chi connectivity index (χ0n) is 8.25. The minimum atomic E-state index is -0.172. The molecule has 1 rings (SSSR count). The third-order valence-corrected chi connectivity index (χ3v) is 2.43. The fraction of sp³-hybridized carbons (Fsp3) is 0.556. The van der Waals surface area contributed by atoms with Gasteiger partial charge in [0.2, 0.25) is 5.91 Å². The summed E-state index contributed by atoms with van der Waals surface area (Å²) >= 11 is 5.57. The molecule has 0 aromatic carbocycles. The fourth-order valence-corrected chi connectivity index (χ4v) is 1.15. The van der Waals surface area contributed by atoms with Crippen molar-refractivity contribution in [3.05, 3.63) is 18.2 Å². The highest BCUT2D eigenvalue weighted by atomic mass is 35.5. The van der Waals surface area contributed by atoms with Crippen LogP contribution >= 0.6 is 11.6 Å². The van der Waals surface area contributed by atoms with Crippen molar-refractivity contribution in [2.45, 2.75) is 19.9 Å². The number of alkyl halides is 1. The minimum Gasteiger partial charge on any atom is -0.347 e. The van der Waals surface area contributed by atoms with Crippen molar-refractivity contribution in [1.29, 1.82) is 0 Å². The van der Waals surface area contributed by atoms with Crippen LogP contribution in [0.5, 0.6) is 0 Å². The largest absolute Gasteiger partial charge is 0.347 e. The lowest BCUT2D eigenvalue weighted by Gasteiger charge is -2.14. The van der Waals surface area contributed by atoms with Crippen molar-refractivity contribution < 1.29 is 4.79 Å². The van der Waals surface area contributed by atoms with Gasteiger partial charge in [-0.1, -0.05) is 6.92 Å². The highest BCUT2D eigenvalue weighted by molar-refractivity contribution is 6.19. The number of hydrogen-bond donors (Lipinski definition) is 2. The summed E-state index contributed by atoms with van der Waals surface area (Å²) in [7, 11) is 0. The molecule has 1 aromatic heterocycles. The molecule has 0 fully saturated rings. The number of nitrogens with zero attached hydrogens (tertiary/aromatic N) is 1. The Balaban J connectivity index is 2.49. The molecule has 78 valence electrons. The number of rotatable bonds is 4. The van der Waals surface area contributed by atoms with E-state index in [4.69, 9.17) is 11.6 Å². The van der Waals surface area contributed by atoms with Gasteiger partial charge in [-0.2, -0.15) is 0 Å². The van der Waals surface area contributed by atoms with Crippen LogP contribution in [0, 0.1) is 5.92 Å². The average Bonchev–Trinajstić information content (AvgIpc) is 2.69. The predicted octanol–water partition coefficient (Wildman–Crippen LogP) is 1.46. The minimum absolute atomic E-state index is 0.0519. The molecule has 4 nitrogen and oxygen atoms in total. The first-order valence-corrected chi connectivity index (χ1v) is 5.04. The molecule has 0 saturated heterocycles. The lowest BCUT2D eigenvalue weighted by Crippen LogP contribution is -2.32. The smallest absolute Gasteiger partial charge is 0.224 e. The number of nitrogens with one attached hydrogen (secondary N) is 2. The molecule has 0 saturated carbocycles. The maximum atomic E-state index is 11.4. The van der Waals surface area contributed by atoms with Crippen molar-refractivity contribution in [2.24, 2.45) is 5.92 Å². The Labute approximate surface area is 88.1 Å². The highest BCUT2D eigenvalue weighted by Crippen LogP contribution is 2.07. The van der Waals surface area contributed by atoms with Crippen LogP contribution in [-0.2, 0) is 4.79 Å². The number of amides is 1. The number of aromatic amines is 1. The Morgan fingerprint density at radius 1 is 1.71 bits per heavy atom. The highest BCUT2D eigenvalue weighted by Gasteiger charge is 2.15. The van der Waals surface area contributed by atoms with Crippen LogP contribution in [-0.4, -0.2) is 21.8 Å². The van der Waals surface area contributed by atoms with Crippen LogP contribution in [0.2, 0.25) is 0 Å². The van der Waals surface area contributed by atoms with Gasteiger partial charge in [0.25, 0.3) is 0 Å². The van der Waals surface area contributed by atoms with Crippen LogP contribution < -0.4 is 5.32 Å². The number of imidazole rings is 1. The first-order valence-electron chi connectivity index (χ1n) is 4.50. The van der Waals surface area contributed by atoms with E-state index in [1.807, 2.05) is 6.92 Å². The molecule has 0 spiro atoms. The average molecular weight is 216 g/mol.